The third-order valence-electron chi connectivity index (χ3n) is 6.64. The summed E-state index contributed by atoms with van der Waals surface area (Å²) in [6.45, 7) is 0. The van der Waals surface area contributed by atoms with Crippen molar-refractivity contribution in [1.29, 1.82) is 0 Å². The fraction of sp³-hybridized carbons (Fsp3) is 1.00. The number of nitrogens with zero attached hydrogens (tertiary/aromatic N) is 1. The van der Waals surface area contributed by atoms with E-state index in [4.69, 9.17) is 0 Å². The summed E-state index contributed by atoms with van der Waals surface area (Å²) in [6, 6.07) is 2.58. The molecule has 0 bridgehead atoms. The maximum atomic E-state index is 3.46. The predicted octanol–water partition coefficient (Wildman–Crippen LogP) is 3.56. The molecule has 2 nitrogen and oxygen atoms in total. The van der Waals surface area contributed by atoms with Crippen LogP contribution < -0.4 is 5.32 Å². The second kappa shape index (κ2) is 5.73. The normalized spacial score (nSPS) is 38.4. The van der Waals surface area contributed by atoms with Crippen molar-refractivity contribution in [3.63, 3.8) is 0 Å². The molecule has 2 heteroatoms. The summed E-state index contributed by atoms with van der Waals surface area (Å²) in [5.41, 5.74) is 0.743. The van der Waals surface area contributed by atoms with Crippen molar-refractivity contribution in [2.75, 3.05) is 14.1 Å². The molecule has 0 aromatic carbocycles. The summed E-state index contributed by atoms with van der Waals surface area (Å²) in [7, 11) is 4.56. The minimum absolute atomic E-state index is 0.743. The van der Waals surface area contributed by atoms with Crippen molar-refractivity contribution >= 4 is 0 Å². The Morgan fingerprint density at radius 3 is 2.11 bits per heavy atom. The first kappa shape index (κ1) is 13.9. The third-order valence-corrected chi connectivity index (χ3v) is 6.64. The van der Waals surface area contributed by atoms with Gasteiger partial charge in [0.25, 0.3) is 0 Å². The van der Waals surface area contributed by atoms with Crippen molar-refractivity contribution in [2.24, 2.45) is 5.41 Å². The van der Waals surface area contributed by atoms with Gasteiger partial charge in [0.15, 0.2) is 0 Å². The van der Waals surface area contributed by atoms with Crippen LogP contribution in [0.3, 0.4) is 0 Å². The van der Waals surface area contributed by atoms with Crippen molar-refractivity contribution in [1.82, 2.24) is 10.2 Å². The van der Waals surface area contributed by atoms with Crippen molar-refractivity contribution < 1.29 is 0 Å². The lowest BCUT2D eigenvalue weighted by atomic mass is 9.56. The zero-order valence-corrected chi connectivity index (χ0v) is 13.0. The minimum Gasteiger partial charge on any atom is -0.317 e. The number of hydrogen-bond donors (Lipinski definition) is 1. The molecule has 0 radical (unpaired) electrons. The van der Waals surface area contributed by atoms with Gasteiger partial charge in [-0.15, -0.1) is 0 Å². The van der Waals surface area contributed by atoms with Gasteiger partial charge in [0.2, 0.25) is 0 Å². The fourth-order valence-electron chi connectivity index (χ4n) is 5.18. The third kappa shape index (κ3) is 2.58. The van der Waals surface area contributed by atoms with E-state index in [2.05, 4.69) is 24.3 Å². The van der Waals surface area contributed by atoms with Gasteiger partial charge in [-0.25, -0.2) is 0 Å². The van der Waals surface area contributed by atoms with Crippen LogP contribution in [0.25, 0.3) is 0 Å². The molecular formula is C17H32N2. The van der Waals surface area contributed by atoms with E-state index in [9.17, 15) is 0 Å². The molecule has 1 unspecified atom stereocenters. The molecule has 0 aromatic heterocycles. The predicted molar refractivity (Wildman–Crippen MR) is 81.4 cm³/mol. The topological polar surface area (TPSA) is 15.3 Å². The minimum atomic E-state index is 0.743. The summed E-state index contributed by atoms with van der Waals surface area (Å²) >= 11 is 0. The maximum absolute atomic E-state index is 3.46. The van der Waals surface area contributed by atoms with Gasteiger partial charge in [-0.1, -0.05) is 19.3 Å². The van der Waals surface area contributed by atoms with Gasteiger partial charge >= 0.3 is 0 Å². The SMILES string of the molecule is CNC1CCC(N(C)C2CCC23CCCCC3)CC1. The first-order chi connectivity index (χ1) is 9.25. The highest BCUT2D eigenvalue weighted by Gasteiger charge is 2.49. The van der Waals surface area contributed by atoms with Crippen LogP contribution in [0.1, 0.15) is 70.6 Å². The van der Waals surface area contributed by atoms with Gasteiger partial charge in [-0.2, -0.15) is 0 Å². The highest BCUT2D eigenvalue weighted by molar-refractivity contribution is 5.03. The average Bonchev–Trinajstić information content (AvgIpc) is 2.47. The molecule has 19 heavy (non-hydrogen) atoms. The van der Waals surface area contributed by atoms with Crippen molar-refractivity contribution in [3.05, 3.63) is 0 Å². The molecule has 0 aliphatic heterocycles. The molecule has 3 aliphatic carbocycles. The highest BCUT2D eigenvalue weighted by atomic mass is 15.2. The van der Waals surface area contributed by atoms with E-state index in [0.717, 1.165) is 23.5 Å². The molecule has 110 valence electrons. The average molecular weight is 264 g/mol. The number of rotatable bonds is 3. The van der Waals surface area contributed by atoms with Crippen LogP contribution in [0.15, 0.2) is 0 Å². The summed E-state index contributed by atoms with van der Waals surface area (Å²) < 4.78 is 0. The molecule has 3 aliphatic rings. The van der Waals surface area contributed by atoms with E-state index in [0.29, 0.717) is 0 Å². The smallest absolute Gasteiger partial charge is 0.0152 e. The molecule has 0 heterocycles. The molecule has 1 N–H and O–H groups in total. The summed E-state index contributed by atoms with van der Waals surface area (Å²) in [6.07, 6.45) is 16.1. The maximum Gasteiger partial charge on any atom is 0.0152 e. The Kier molecular flexibility index (Phi) is 4.19. The Hall–Kier alpha value is -0.0800. The monoisotopic (exact) mass is 264 g/mol. The molecule has 1 spiro atoms. The zero-order chi connectivity index (χ0) is 13.3. The molecule has 1 atom stereocenters. The Balaban J connectivity index is 1.57. The Morgan fingerprint density at radius 1 is 0.895 bits per heavy atom. The quantitative estimate of drug-likeness (QED) is 0.838. The van der Waals surface area contributed by atoms with E-state index in [-0.39, 0.29) is 0 Å². The molecule has 0 aromatic rings. The van der Waals surface area contributed by atoms with Crippen molar-refractivity contribution in [2.45, 2.75) is 88.8 Å². The van der Waals surface area contributed by atoms with Gasteiger partial charge in [0, 0.05) is 18.1 Å². The van der Waals surface area contributed by atoms with Crippen LogP contribution in [0.2, 0.25) is 0 Å². The zero-order valence-electron chi connectivity index (χ0n) is 13.0. The molecule has 3 fully saturated rings. The molecule has 0 amide bonds. The van der Waals surface area contributed by atoms with E-state index in [1.165, 1.54) is 70.6 Å². The molecule has 0 saturated heterocycles. The van der Waals surface area contributed by atoms with Crippen LogP contribution in [0.5, 0.6) is 0 Å². The van der Waals surface area contributed by atoms with Gasteiger partial charge in [0.05, 0.1) is 0 Å². The summed E-state index contributed by atoms with van der Waals surface area (Å²) in [5.74, 6) is 0. The van der Waals surface area contributed by atoms with Crippen LogP contribution in [-0.2, 0) is 0 Å². The van der Waals surface area contributed by atoms with Crippen LogP contribution >= 0.6 is 0 Å². The summed E-state index contributed by atoms with van der Waals surface area (Å²) in [4.78, 5) is 2.81. The Labute approximate surface area is 119 Å². The standard InChI is InChI=1S/C17H32N2/c1-18-14-6-8-15(9-7-14)19(2)16-10-13-17(16)11-4-3-5-12-17/h14-16,18H,3-13H2,1-2H3. The Morgan fingerprint density at radius 2 is 1.58 bits per heavy atom. The fourth-order valence-corrected chi connectivity index (χ4v) is 5.18. The van der Waals surface area contributed by atoms with Crippen LogP contribution in [-0.4, -0.2) is 37.1 Å². The Bertz CT molecular complexity index is 288. The van der Waals surface area contributed by atoms with Gasteiger partial charge in [-0.3, -0.25) is 4.90 Å². The van der Waals surface area contributed by atoms with Crippen LogP contribution in [0.4, 0.5) is 0 Å². The van der Waals surface area contributed by atoms with Gasteiger partial charge < -0.3 is 5.32 Å². The second-order valence-corrected chi connectivity index (χ2v) is 7.44. The lowest BCUT2D eigenvalue weighted by Gasteiger charge is -2.57. The van der Waals surface area contributed by atoms with E-state index < -0.39 is 0 Å². The number of nitrogens with one attached hydrogen (secondary N) is 1. The first-order valence-corrected chi connectivity index (χ1v) is 8.64. The van der Waals surface area contributed by atoms with E-state index in [1.807, 2.05) is 0 Å². The molecule has 3 rings (SSSR count). The van der Waals surface area contributed by atoms with E-state index >= 15 is 0 Å². The molecular weight excluding hydrogens is 232 g/mol. The summed E-state index contributed by atoms with van der Waals surface area (Å²) in [5, 5.41) is 3.46. The molecule has 3 saturated carbocycles. The van der Waals surface area contributed by atoms with Gasteiger partial charge in [0.1, 0.15) is 0 Å². The lowest BCUT2D eigenvalue weighted by Crippen LogP contribution is -2.58. The van der Waals surface area contributed by atoms with E-state index in [1.54, 1.807) is 0 Å². The van der Waals surface area contributed by atoms with Gasteiger partial charge in [-0.05, 0) is 70.9 Å². The first-order valence-electron chi connectivity index (χ1n) is 8.64. The second-order valence-electron chi connectivity index (χ2n) is 7.44. The number of hydrogen-bond acceptors (Lipinski definition) is 2. The van der Waals surface area contributed by atoms with Crippen LogP contribution in [0, 0.1) is 5.41 Å². The highest BCUT2D eigenvalue weighted by Crippen LogP contribution is 2.54. The lowest BCUT2D eigenvalue weighted by molar-refractivity contribution is -0.0646. The largest absolute Gasteiger partial charge is 0.317 e. The van der Waals surface area contributed by atoms with Crippen molar-refractivity contribution in [3.8, 4) is 0 Å².